The molecule has 122 valence electrons. The molecule has 1 aromatic heterocycles. The van der Waals surface area contributed by atoms with Crippen LogP contribution in [0.25, 0.3) is 0 Å². The Labute approximate surface area is 137 Å². The number of hydrogen-bond acceptors (Lipinski definition) is 4. The zero-order chi connectivity index (χ0) is 14.8. The van der Waals surface area contributed by atoms with Gasteiger partial charge in [-0.25, -0.2) is 8.42 Å². The first-order chi connectivity index (χ1) is 9.48. The van der Waals surface area contributed by atoms with Crippen molar-refractivity contribution in [3.05, 3.63) is 11.2 Å². The smallest absolute Gasteiger partial charge is 0.261 e. The van der Waals surface area contributed by atoms with E-state index in [1.165, 1.54) is 10.9 Å². The predicted molar refractivity (Wildman–Crippen MR) is 85.5 cm³/mol. The Kier molecular flexibility index (Phi) is 6.93. The van der Waals surface area contributed by atoms with E-state index >= 15 is 0 Å². The number of sulfonamides is 1. The van der Waals surface area contributed by atoms with E-state index in [0.717, 1.165) is 32.4 Å². The van der Waals surface area contributed by atoms with Crippen LogP contribution in [0, 0.1) is 0 Å². The van der Waals surface area contributed by atoms with Crippen molar-refractivity contribution in [2.75, 3.05) is 19.6 Å². The van der Waals surface area contributed by atoms with Gasteiger partial charge in [0, 0.05) is 19.6 Å². The molecule has 1 N–H and O–H groups in total. The Morgan fingerprint density at radius 3 is 2.57 bits per heavy atom. The summed E-state index contributed by atoms with van der Waals surface area (Å²) in [4.78, 5) is 0. The van der Waals surface area contributed by atoms with Crippen molar-refractivity contribution in [3.8, 4) is 0 Å². The summed E-state index contributed by atoms with van der Waals surface area (Å²) in [7, 11) is -2.00. The number of nitrogens with one attached hydrogen (secondary N) is 1. The molecule has 0 bridgehead atoms. The lowest BCUT2D eigenvalue weighted by Gasteiger charge is -2.33. The summed E-state index contributed by atoms with van der Waals surface area (Å²) in [6.45, 7) is 4.18. The summed E-state index contributed by atoms with van der Waals surface area (Å²) in [5.41, 5.74) is 0. The van der Waals surface area contributed by atoms with Gasteiger partial charge >= 0.3 is 0 Å². The Hall–Kier alpha value is -0.340. The third kappa shape index (κ3) is 3.90. The molecule has 0 aliphatic carbocycles. The number of piperidine rings is 1. The molecule has 6 nitrogen and oxygen atoms in total. The van der Waals surface area contributed by atoms with E-state index in [-0.39, 0.29) is 28.5 Å². The molecule has 21 heavy (non-hydrogen) atoms. The normalized spacial score (nSPS) is 17.0. The molecule has 2 heterocycles. The maximum absolute atomic E-state index is 12.9. The van der Waals surface area contributed by atoms with E-state index in [9.17, 15) is 8.42 Å². The second-order valence-electron chi connectivity index (χ2n) is 5.02. The Morgan fingerprint density at radius 1 is 1.48 bits per heavy atom. The highest BCUT2D eigenvalue weighted by atomic mass is 35.5. The first-order valence-electron chi connectivity index (χ1n) is 6.88. The predicted octanol–water partition coefficient (Wildman–Crippen LogP) is 1.65. The largest absolute Gasteiger partial charge is 0.317 e. The molecule has 0 atom stereocenters. The fourth-order valence-electron chi connectivity index (χ4n) is 2.61. The third-order valence-electron chi connectivity index (χ3n) is 3.56. The molecule has 0 saturated carbocycles. The van der Waals surface area contributed by atoms with Gasteiger partial charge in [-0.15, -0.1) is 12.4 Å². The van der Waals surface area contributed by atoms with Crippen LogP contribution in [0.2, 0.25) is 5.02 Å². The first kappa shape index (κ1) is 18.7. The van der Waals surface area contributed by atoms with Crippen molar-refractivity contribution >= 4 is 34.0 Å². The van der Waals surface area contributed by atoms with Crippen LogP contribution in [-0.4, -0.2) is 48.2 Å². The summed E-state index contributed by atoms with van der Waals surface area (Å²) in [5, 5.41) is 7.46. The quantitative estimate of drug-likeness (QED) is 0.870. The lowest BCUT2D eigenvalue weighted by molar-refractivity contribution is 0.261. The molecule has 1 fully saturated rings. The molecule has 0 unspecified atom stereocenters. The van der Waals surface area contributed by atoms with Gasteiger partial charge in [-0.3, -0.25) is 4.68 Å². The second kappa shape index (κ2) is 7.78. The molecule has 1 saturated heterocycles. The molecule has 0 aromatic carbocycles. The van der Waals surface area contributed by atoms with Gasteiger partial charge in [0.15, 0.2) is 5.03 Å². The maximum Gasteiger partial charge on any atom is 0.261 e. The van der Waals surface area contributed by atoms with Gasteiger partial charge in [0.1, 0.15) is 0 Å². The molecule has 1 aromatic rings. The number of aryl methyl sites for hydroxylation is 1. The van der Waals surface area contributed by atoms with Gasteiger partial charge in [-0.05, 0) is 32.4 Å². The molecule has 0 amide bonds. The molecular weight excluding hydrogens is 335 g/mol. The minimum absolute atomic E-state index is 0. The summed E-state index contributed by atoms with van der Waals surface area (Å²) in [6.07, 6.45) is 3.81. The monoisotopic (exact) mass is 356 g/mol. The van der Waals surface area contributed by atoms with E-state index in [0.29, 0.717) is 6.54 Å². The van der Waals surface area contributed by atoms with Crippen LogP contribution in [0.3, 0.4) is 0 Å². The zero-order valence-corrected chi connectivity index (χ0v) is 14.6. The fourth-order valence-corrected chi connectivity index (χ4v) is 5.00. The summed E-state index contributed by atoms with van der Waals surface area (Å²) >= 11 is 6.01. The van der Waals surface area contributed by atoms with Crippen LogP contribution >= 0.6 is 24.0 Å². The number of aromatic nitrogens is 2. The highest BCUT2D eigenvalue weighted by molar-refractivity contribution is 7.89. The van der Waals surface area contributed by atoms with Crippen LogP contribution in [0.1, 0.15) is 26.2 Å². The average molecular weight is 357 g/mol. The van der Waals surface area contributed by atoms with E-state index < -0.39 is 10.0 Å². The topological polar surface area (TPSA) is 67.2 Å². The van der Waals surface area contributed by atoms with E-state index in [2.05, 4.69) is 10.4 Å². The lowest BCUT2D eigenvalue weighted by Crippen LogP contribution is -2.46. The molecule has 0 radical (unpaired) electrons. The standard InChI is InChI=1S/C12H21ClN4O2S.ClH/c1-3-8-17(10-4-6-14-7-5-10)20(18,19)12-11(13)9-15-16(12)2;/h9-10,14H,3-8H2,1-2H3;1H. The van der Waals surface area contributed by atoms with Gasteiger partial charge in [0.05, 0.1) is 11.2 Å². The SMILES string of the molecule is CCCN(C1CCNCC1)S(=O)(=O)c1c(Cl)cnn1C.Cl. The third-order valence-corrected chi connectivity index (χ3v) is 6.02. The van der Waals surface area contributed by atoms with Crippen LogP contribution < -0.4 is 5.32 Å². The van der Waals surface area contributed by atoms with Crippen molar-refractivity contribution in [2.24, 2.45) is 7.05 Å². The van der Waals surface area contributed by atoms with Crippen LogP contribution in [0.15, 0.2) is 11.2 Å². The van der Waals surface area contributed by atoms with Gasteiger partial charge in [-0.2, -0.15) is 9.40 Å². The Morgan fingerprint density at radius 2 is 2.10 bits per heavy atom. The molecular formula is C12H22Cl2N4O2S. The van der Waals surface area contributed by atoms with Gasteiger partial charge in [0.25, 0.3) is 10.0 Å². The number of nitrogens with zero attached hydrogens (tertiary/aromatic N) is 3. The Bertz CT molecular complexity index is 536. The van der Waals surface area contributed by atoms with Gasteiger partial charge in [0.2, 0.25) is 0 Å². The second-order valence-corrected chi connectivity index (χ2v) is 7.23. The van der Waals surface area contributed by atoms with Crippen molar-refractivity contribution in [3.63, 3.8) is 0 Å². The fraction of sp³-hybridized carbons (Fsp3) is 0.750. The molecule has 9 heteroatoms. The average Bonchev–Trinajstić information content (AvgIpc) is 2.77. The summed E-state index contributed by atoms with van der Waals surface area (Å²) < 4.78 is 28.7. The van der Waals surface area contributed by atoms with Gasteiger partial charge in [-0.1, -0.05) is 18.5 Å². The maximum atomic E-state index is 12.9. The minimum Gasteiger partial charge on any atom is -0.317 e. The molecule has 0 spiro atoms. The Balaban J connectivity index is 0.00000220. The highest BCUT2D eigenvalue weighted by Crippen LogP contribution is 2.27. The van der Waals surface area contributed by atoms with E-state index in [1.807, 2.05) is 6.92 Å². The van der Waals surface area contributed by atoms with Crippen molar-refractivity contribution in [1.82, 2.24) is 19.4 Å². The summed E-state index contributed by atoms with van der Waals surface area (Å²) in [5.74, 6) is 0. The minimum atomic E-state index is -3.61. The number of hydrogen-bond donors (Lipinski definition) is 1. The van der Waals surface area contributed by atoms with Crippen molar-refractivity contribution < 1.29 is 8.42 Å². The molecule has 1 aliphatic heterocycles. The summed E-state index contributed by atoms with van der Waals surface area (Å²) in [6, 6.07) is 0.0344. The van der Waals surface area contributed by atoms with Crippen molar-refractivity contribution in [2.45, 2.75) is 37.3 Å². The number of halogens is 2. The first-order valence-corrected chi connectivity index (χ1v) is 8.70. The van der Waals surface area contributed by atoms with Crippen LogP contribution in [0.5, 0.6) is 0 Å². The van der Waals surface area contributed by atoms with Gasteiger partial charge < -0.3 is 5.32 Å². The van der Waals surface area contributed by atoms with Crippen molar-refractivity contribution in [1.29, 1.82) is 0 Å². The molecule has 1 aliphatic rings. The number of rotatable bonds is 5. The highest BCUT2D eigenvalue weighted by Gasteiger charge is 2.35. The van der Waals surface area contributed by atoms with E-state index in [4.69, 9.17) is 11.6 Å². The van der Waals surface area contributed by atoms with E-state index in [1.54, 1.807) is 11.4 Å². The lowest BCUT2D eigenvalue weighted by atomic mass is 10.1. The van der Waals surface area contributed by atoms with Crippen LogP contribution in [-0.2, 0) is 17.1 Å². The molecule has 2 rings (SSSR count). The zero-order valence-electron chi connectivity index (χ0n) is 12.2. The van der Waals surface area contributed by atoms with Crippen LogP contribution in [0.4, 0.5) is 0 Å².